The molecule has 2 aromatic rings. The van der Waals surface area contributed by atoms with Crippen LogP contribution < -0.4 is 4.74 Å². The van der Waals surface area contributed by atoms with Crippen molar-refractivity contribution in [2.45, 2.75) is 18.9 Å². The van der Waals surface area contributed by atoms with Gasteiger partial charge >= 0.3 is 0 Å². The van der Waals surface area contributed by atoms with E-state index >= 15 is 0 Å². The normalized spacial score (nSPS) is 16.2. The van der Waals surface area contributed by atoms with Gasteiger partial charge < -0.3 is 4.74 Å². The van der Waals surface area contributed by atoms with Gasteiger partial charge in [-0.3, -0.25) is 0 Å². The van der Waals surface area contributed by atoms with Crippen molar-refractivity contribution in [1.29, 1.82) is 0 Å². The summed E-state index contributed by atoms with van der Waals surface area (Å²) in [7, 11) is 0. The average molecular weight is 296 g/mol. The van der Waals surface area contributed by atoms with Crippen molar-refractivity contribution in [3.8, 4) is 5.75 Å². The van der Waals surface area contributed by atoms with E-state index in [9.17, 15) is 0 Å². The fraction of sp³-hybridized carbons (Fsp3) is 0.263. The minimum Gasteiger partial charge on any atom is -0.490 e. The monoisotopic (exact) mass is 296 g/mol. The van der Waals surface area contributed by atoms with E-state index in [4.69, 9.17) is 4.74 Å². The summed E-state index contributed by atoms with van der Waals surface area (Å²) in [6.45, 7) is 0. The molecule has 0 saturated carbocycles. The van der Waals surface area contributed by atoms with Crippen molar-refractivity contribution in [1.82, 2.24) is 0 Å². The molecule has 0 radical (unpaired) electrons. The second-order valence-corrected chi connectivity index (χ2v) is 6.47. The molecule has 0 amide bonds. The van der Waals surface area contributed by atoms with Gasteiger partial charge in [-0.1, -0.05) is 54.6 Å². The lowest BCUT2D eigenvalue weighted by atomic mass is 10.1. The predicted octanol–water partition coefficient (Wildman–Crippen LogP) is 5.13. The Morgan fingerprint density at radius 1 is 0.810 bits per heavy atom. The van der Waals surface area contributed by atoms with Gasteiger partial charge in [0.15, 0.2) is 0 Å². The number of hydrogen-bond donors (Lipinski definition) is 0. The first-order chi connectivity index (χ1) is 10.4. The Morgan fingerprint density at radius 2 is 1.43 bits per heavy atom. The molecule has 2 aromatic carbocycles. The lowest BCUT2D eigenvalue weighted by Crippen LogP contribution is -2.21. The van der Waals surface area contributed by atoms with Gasteiger partial charge in [0.2, 0.25) is 0 Å². The molecule has 108 valence electrons. The van der Waals surface area contributed by atoms with E-state index in [0.717, 1.165) is 5.75 Å². The molecule has 0 bridgehead atoms. The molecule has 1 saturated heterocycles. The van der Waals surface area contributed by atoms with E-state index < -0.39 is 0 Å². The van der Waals surface area contributed by atoms with Crippen LogP contribution in [0.5, 0.6) is 5.75 Å². The summed E-state index contributed by atoms with van der Waals surface area (Å²) in [4.78, 5) is 0. The van der Waals surface area contributed by atoms with Crippen molar-refractivity contribution < 1.29 is 4.74 Å². The van der Waals surface area contributed by atoms with Crippen LogP contribution in [-0.4, -0.2) is 17.6 Å². The van der Waals surface area contributed by atoms with E-state index in [0.29, 0.717) is 6.10 Å². The quantitative estimate of drug-likeness (QED) is 0.723. The van der Waals surface area contributed by atoms with E-state index in [-0.39, 0.29) is 0 Å². The Morgan fingerprint density at radius 3 is 2.10 bits per heavy atom. The Kier molecular flexibility index (Phi) is 5.01. The van der Waals surface area contributed by atoms with Crippen LogP contribution in [0.1, 0.15) is 24.0 Å². The minimum atomic E-state index is 0.400. The number of benzene rings is 2. The molecule has 1 heterocycles. The summed E-state index contributed by atoms with van der Waals surface area (Å²) in [5, 5.41) is 0. The zero-order chi connectivity index (χ0) is 14.3. The zero-order valence-corrected chi connectivity index (χ0v) is 12.9. The highest BCUT2D eigenvalue weighted by Gasteiger charge is 2.14. The highest BCUT2D eigenvalue weighted by Crippen LogP contribution is 2.23. The predicted molar refractivity (Wildman–Crippen MR) is 92.8 cm³/mol. The van der Waals surface area contributed by atoms with E-state index in [1.54, 1.807) is 0 Å². The number of rotatable bonds is 4. The summed E-state index contributed by atoms with van der Waals surface area (Å²) >= 11 is 2.03. The fourth-order valence-corrected chi connectivity index (χ4v) is 3.46. The van der Waals surface area contributed by atoms with Crippen LogP contribution in [0.3, 0.4) is 0 Å². The van der Waals surface area contributed by atoms with E-state index in [1.165, 1.54) is 35.5 Å². The van der Waals surface area contributed by atoms with E-state index in [2.05, 4.69) is 60.7 Å². The minimum absolute atomic E-state index is 0.400. The first-order valence-corrected chi connectivity index (χ1v) is 8.63. The SMILES string of the molecule is C(=C\c1ccc(OC2CCSCC2)cc1)/c1ccccc1. The third-order valence-corrected chi connectivity index (χ3v) is 4.67. The van der Waals surface area contributed by atoms with Crippen LogP contribution in [-0.2, 0) is 0 Å². The maximum atomic E-state index is 6.04. The maximum absolute atomic E-state index is 6.04. The van der Waals surface area contributed by atoms with Crippen LogP contribution in [0.15, 0.2) is 54.6 Å². The molecule has 0 aliphatic carbocycles. The van der Waals surface area contributed by atoms with Crippen LogP contribution in [0, 0.1) is 0 Å². The first-order valence-electron chi connectivity index (χ1n) is 7.48. The first kappa shape index (κ1) is 14.3. The summed E-state index contributed by atoms with van der Waals surface area (Å²) < 4.78 is 6.04. The van der Waals surface area contributed by atoms with Crippen LogP contribution >= 0.6 is 11.8 Å². The molecule has 1 aliphatic rings. The molecule has 0 atom stereocenters. The number of hydrogen-bond acceptors (Lipinski definition) is 2. The van der Waals surface area contributed by atoms with Crippen molar-refractivity contribution in [3.05, 3.63) is 65.7 Å². The van der Waals surface area contributed by atoms with Gasteiger partial charge in [-0.15, -0.1) is 0 Å². The van der Waals surface area contributed by atoms with Gasteiger partial charge in [0.1, 0.15) is 11.9 Å². The van der Waals surface area contributed by atoms with Gasteiger partial charge in [-0.25, -0.2) is 0 Å². The Labute approximate surface area is 131 Å². The maximum Gasteiger partial charge on any atom is 0.119 e. The van der Waals surface area contributed by atoms with Crippen molar-refractivity contribution in [3.63, 3.8) is 0 Å². The van der Waals surface area contributed by atoms with Crippen molar-refractivity contribution in [2.75, 3.05) is 11.5 Å². The summed E-state index contributed by atoms with van der Waals surface area (Å²) in [5.41, 5.74) is 2.42. The second kappa shape index (κ2) is 7.37. The second-order valence-electron chi connectivity index (χ2n) is 5.24. The number of thioether (sulfide) groups is 1. The Bertz CT molecular complexity index is 568. The lowest BCUT2D eigenvalue weighted by Gasteiger charge is -2.22. The van der Waals surface area contributed by atoms with Gasteiger partial charge in [-0.05, 0) is 47.6 Å². The third kappa shape index (κ3) is 4.40. The van der Waals surface area contributed by atoms with Gasteiger partial charge in [-0.2, -0.15) is 11.8 Å². The van der Waals surface area contributed by atoms with Crippen LogP contribution in [0.2, 0.25) is 0 Å². The molecular formula is C19H20OS. The van der Waals surface area contributed by atoms with Crippen LogP contribution in [0.25, 0.3) is 12.2 Å². The fourth-order valence-electron chi connectivity index (χ4n) is 2.40. The Balaban J connectivity index is 1.60. The smallest absolute Gasteiger partial charge is 0.119 e. The van der Waals surface area contributed by atoms with E-state index in [1.807, 2.05) is 17.8 Å². The van der Waals surface area contributed by atoms with Gasteiger partial charge in [0.05, 0.1) is 0 Å². The topological polar surface area (TPSA) is 9.23 Å². The molecule has 1 fully saturated rings. The summed E-state index contributed by atoms with van der Waals surface area (Å²) in [6, 6.07) is 18.7. The summed E-state index contributed by atoms with van der Waals surface area (Å²) in [5.74, 6) is 3.44. The Hall–Kier alpha value is -1.67. The number of ether oxygens (including phenoxy) is 1. The molecule has 1 nitrogen and oxygen atoms in total. The molecule has 1 aliphatic heterocycles. The highest BCUT2D eigenvalue weighted by atomic mass is 32.2. The molecule has 0 aromatic heterocycles. The largest absolute Gasteiger partial charge is 0.490 e. The standard InChI is InChI=1S/C19H20OS/c1-2-4-16(5-3-1)6-7-17-8-10-18(11-9-17)20-19-12-14-21-15-13-19/h1-11,19H,12-15H2/b7-6+. The van der Waals surface area contributed by atoms with Crippen molar-refractivity contribution in [2.24, 2.45) is 0 Å². The molecule has 0 N–H and O–H groups in total. The van der Waals surface area contributed by atoms with Gasteiger partial charge in [0.25, 0.3) is 0 Å². The van der Waals surface area contributed by atoms with Crippen molar-refractivity contribution >= 4 is 23.9 Å². The van der Waals surface area contributed by atoms with Gasteiger partial charge in [0, 0.05) is 0 Å². The molecule has 3 rings (SSSR count). The average Bonchev–Trinajstić information content (AvgIpc) is 2.56. The molecule has 21 heavy (non-hydrogen) atoms. The molecule has 0 spiro atoms. The molecule has 2 heteroatoms. The zero-order valence-electron chi connectivity index (χ0n) is 12.1. The summed E-state index contributed by atoms with van der Waals surface area (Å²) in [6.07, 6.45) is 7.00. The highest BCUT2D eigenvalue weighted by molar-refractivity contribution is 7.99. The van der Waals surface area contributed by atoms with Crippen LogP contribution in [0.4, 0.5) is 0 Å². The lowest BCUT2D eigenvalue weighted by molar-refractivity contribution is 0.192. The third-order valence-electron chi connectivity index (χ3n) is 3.62. The molecular weight excluding hydrogens is 276 g/mol. The molecule has 0 unspecified atom stereocenters.